The molecule has 0 saturated heterocycles. The lowest BCUT2D eigenvalue weighted by atomic mass is 10.1. The van der Waals surface area contributed by atoms with Gasteiger partial charge in [-0.25, -0.2) is 0 Å². The predicted octanol–water partition coefficient (Wildman–Crippen LogP) is 4.48. The normalized spacial score (nSPS) is 10.9. The van der Waals surface area contributed by atoms with Crippen molar-refractivity contribution in [3.05, 3.63) is 30.3 Å². The first-order chi connectivity index (χ1) is 11.9. The number of rotatable bonds is 17. The van der Waals surface area contributed by atoms with E-state index >= 15 is 0 Å². The summed E-state index contributed by atoms with van der Waals surface area (Å²) in [5, 5.41) is 0. The topological polar surface area (TPSA) is 36.9 Å². The summed E-state index contributed by atoms with van der Waals surface area (Å²) in [6.07, 6.45) is 7.79. The quantitative estimate of drug-likeness (QED) is 0.393. The van der Waals surface area contributed by atoms with Crippen LogP contribution in [0.1, 0.15) is 45.4 Å². The lowest BCUT2D eigenvalue weighted by Gasteiger charge is -2.08. The van der Waals surface area contributed by atoms with Gasteiger partial charge in [-0.15, -0.1) is 0 Å². The molecule has 0 spiro atoms. The van der Waals surface area contributed by atoms with Crippen molar-refractivity contribution in [3.8, 4) is 5.75 Å². The van der Waals surface area contributed by atoms with Crippen molar-refractivity contribution in [2.24, 2.45) is 0 Å². The maximum Gasteiger partial charge on any atom is 0.119 e. The molecule has 0 aliphatic carbocycles. The van der Waals surface area contributed by atoms with Crippen LogP contribution in [0.3, 0.4) is 0 Å². The standard InChI is InChI=1S/C20H34O4/c1-2-3-4-5-6-10-13-21-14-15-22-16-17-23-18-19-24-20-11-8-7-9-12-20/h7-9,11-12H,2-6,10,13-19H2,1H3. The van der Waals surface area contributed by atoms with E-state index in [2.05, 4.69) is 6.92 Å². The van der Waals surface area contributed by atoms with Crippen LogP contribution < -0.4 is 4.74 Å². The Bertz CT molecular complexity index is 356. The van der Waals surface area contributed by atoms with E-state index in [4.69, 9.17) is 18.9 Å². The van der Waals surface area contributed by atoms with Crippen LogP contribution in [-0.2, 0) is 14.2 Å². The third kappa shape index (κ3) is 13.3. The minimum Gasteiger partial charge on any atom is -0.491 e. The summed E-state index contributed by atoms with van der Waals surface area (Å²) < 4.78 is 22.0. The van der Waals surface area contributed by atoms with Gasteiger partial charge in [0.15, 0.2) is 0 Å². The van der Waals surface area contributed by atoms with E-state index in [1.807, 2.05) is 30.3 Å². The van der Waals surface area contributed by atoms with Gasteiger partial charge in [0.05, 0.1) is 33.0 Å². The first-order valence-corrected chi connectivity index (χ1v) is 9.34. The Morgan fingerprint density at radius 3 is 1.79 bits per heavy atom. The fourth-order valence-electron chi connectivity index (χ4n) is 2.26. The van der Waals surface area contributed by atoms with E-state index in [9.17, 15) is 0 Å². The van der Waals surface area contributed by atoms with Gasteiger partial charge >= 0.3 is 0 Å². The molecule has 0 atom stereocenters. The molecule has 1 rings (SSSR count). The molecule has 0 aliphatic heterocycles. The van der Waals surface area contributed by atoms with E-state index in [1.165, 1.54) is 32.1 Å². The van der Waals surface area contributed by atoms with E-state index in [-0.39, 0.29) is 0 Å². The van der Waals surface area contributed by atoms with Crippen LogP contribution in [-0.4, -0.2) is 46.2 Å². The Labute approximate surface area is 147 Å². The van der Waals surface area contributed by atoms with Gasteiger partial charge in [-0.05, 0) is 18.6 Å². The van der Waals surface area contributed by atoms with Crippen molar-refractivity contribution in [3.63, 3.8) is 0 Å². The Kier molecular flexibility index (Phi) is 14.6. The second kappa shape index (κ2) is 16.7. The zero-order valence-electron chi connectivity index (χ0n) is 15.2. The summed E-state index contributed by atoms with van der Waals surface area (Å²) in [5.41, 5.74) is 0. The van der Waals surface area contributed by atoms with E-state index in [1.54, 1.807) is 0 Å². The van der Waals surface area contributed by atoms with Gasteiger partial charge in [0.25, 0.3) is 0 Å². The van der Waals surface area contributed by atoms with Crippen LogP contribution in [0.15, 0.2) is 30.3 Å². The Hall–Kier alpha value is -1.10. The van der Waals surface area contributed by atoms with E-state index in [0.717, 1.165) is 18.8 Å². The molecule has 0 radical (unpaired) electrons. The highest BCUT2D eigenvalue weighted by Crippen LogP contribution is 2.07. The third-order valence-electron chi connectivity index (χ3n) is 3.63. The lowest BCUT2D eigenvalue weighted by molar-refractivity contribution is 0.00878. The monoisotopic (exact) mass is 338 g/mol. The Morgan fingerprint density at radius 2 is 1.12 bits per heavy atom. The van der Waals surface area contributed by atoms with Crippen LogP contribution in [0.25, 0.3) is 0 Å². The highest BCUT2D eigenvalue weighted by atomic mass is 16.6. The molecule has 1 aromatic rings. The van der Waals surface area contributed by atoms with Crippen molar-refractivity contribution in [1.29, 1.82) is 0 Å². The molecule has 0 fully saturated rings. The van der Waals surface area contributed by atoms with Gasteiger partial charge in [-0.1, -0.05) is 57.2 Å². The lowest BCUT2D eigenvalue weighted by Crippen LogP contribution is -2.12. The minimum atomic E-state index is 0.561. The molecule has 0 heterocycles. The molecule has 0 aromatic heterocycles. The number of unbranched alkanes of at least 4 members (excludes halogenated alkanes) is 5. The fraction of sp³-hybridized carbons (Fsp3) is 0.700. The summed E-state index contributed by atoms with van der Waals surface area (Å²) in [6, 6.07) is 9.76. The molecular formula is C20H34O4. The Morgan fingerprint density at radius 1 is 0.583 bits per heavy atom. The van der Waals surface area contributed by atoms with E-state index in [0.29, 0.717) is 39.6 Å². The van der Waals surface area contributed by atoms with Gasteiger partial charge in [-0.3, -0.25) is 0 Å². The second-order valence-corrected chi connectivity index (χ2v) is 5.77. The molecule has 4 heteroatoms. The zero-order valence-corrected chi connectivity index (χ0v) is 15.2. The minimum absolute atomic E-state index is 0.561. The highest BCUT2D eigenvalue weighted by molar-refractivity contribution is 5.20. The van der Waals surface area contributed by atoms with Crippen LogP contribution in [0.2, 0.25) is 0 Å². The molecule has 0 bridgehead atoms. The van der Waals surface area contributed by atoms with Crippen LogP contribution >= 0.6 is 0 Å². The average Bonchev–Trinajstić information content (AvgIpc) is 2.62. The van der Waals surface area contributed by atoms with Gasteiger partial charge in [0.2, 0.25) is 0 Å². The molecule has 138 valence electrons. The van der Waals surface area contributed by atoms with Crippen LogP contribution in [0.5, 0.6) is 5.75 Å². The number of hydrogen-bond acceptors (Lipinski definition) is 4. The summed E-state index contributed by atoms with van der Waals surface area (Å²) in [6.45, 7) is 6.74. The van der Waals surface area contributed by atoms with Gasteiger partial charge in [0.1, 0.15) is 12.4 Å². The summed E-state index contributed by atoms with van der Waals surface area (Å²) in [4.78, 5) is 0. The van der Waals surface area contributed by atoms with Gasteiger partial charge < -0.3 is 18.9 Å². The molecule has 4 nitrogen and oxygen atoms in total. The first kappa shape index (κ1) is 20.9. The van der Waals surface area contributed by atoms with Crippen molar-refractivity contribution >= 4 is 0 Å². The second-order valence-electron chi connectivity index (χ2n) is 5.77. The summed E-state index contributed by atoms with van der Waals surface area (Å²) in [5.74, 6) is 0.875. The molecule has 24 heavy (non-hydrogen) atoms. The highest BCUT2D eigenvalue weighted by Gasteiger charge is 1.94. The molecule has 0 amide bonds. The molecule has 1 aromatic carbocycles. The molecule has 0 aliphatic rings. The van der Waals surface area contributed by atoms with E-state index < -0.39 is 0 Å². The largest absolute Gasteiger partial charge is 0.491 e. The number of para-hydroxylation sites is 1. The summed E-state index contributed by atoms with van der Waals surface area (Å²) in [7, 11) is 0. The smallest absolute Gasteiger partial charge is 0.119 e. The van der Waals surface area contributed by atoms with Crippen molar-refractivity contribution in [2.75, 3.05) is 46.2 Å². The molecule has 0 saturated carbocycles. The van der Waals surface area contributed by atoms with Crippen molar-refractivity contribution in [1.82, 2.24) is 0 Å². The van der Waals surface area contributed by atoms with Gasteiger partial charge in [0, 0.05) is 6.61 Å². The SMILES string of the molecule is CCCCCCCCOCCOCCOCCOc1ccccc1. The predicted molar refractivity (Wildman–Crippen MR) is 97.8 cm³/mol. The fourth-order valence-corrected chi connectivity index (χ4v) is 2.26. The maximum atomic E-state index is 5.55. The average molecular weight is 338 g/mol. The first-order valence-electron chi connectivity index (χ1n) is 9.34. The molecule has 0 unspecified atom stereocenters. The van der Waals surface area contributed by atoms with Crippen molar-refractivity contribution in [2.45, 2.75) is 45.4 Å². The van der Waals surface area contributed by atoms with Crippen LogP contribution in [0, 0.1) is 0 Å². The number of hydrogen-bond donors (Lipinski definition) is 0. The van der Waals surface area contributed by atoms with Crippen molar-refractivity contribution < 1.29 is 18.9 Å². The summed E-state index contributed by atoms with van der Waals surface area (Å²) >= 11 is 0. The Balaban J connectivity index is 1.70. The van der Waals surface area contributed by atoms with Gasteiger partial charge in [-0.2, -0.15) is 0 Å². The number of ether oxygens (including phenoxy) is 4. The maximum absolute atomic E-state index is 5.55. The number of benzene rings is 1. The molecule has 0 N–H and O–H groups in total. The molecular weight excluding hydrogens is 304 g/mol. The zero-order chi connectivity index (χ0) is 17.1. The third-order valence-corrected chi connectivity index (χ3v) is 3.63. The van der Waals surface area contributed by atoms with Crippen LogP contribution in [0.4, 0.5) is 0 Å².